The summed E-state index contributed by atoms with van der Waals surface area (Å²) >= 11 is 19.7. The van der Waals surface area contributed by atoms with E-state index in [0.29, 0.717) is 47.0 Å². The van der Waals surface area contributed by atoms with Gasteiger partial charge in [-0.05, 0) is 43.3 Å². The number of benzene rings is 2. The van der Waals surface area contributed by atoms with Gasteiger partial charge in [0.2, 0.25) is 0 Å². The van der Waals surface area contributed by atoms with Crippen molar-refractivity contribution >= 4 is 67.4 Å². The highest BCUT2D eigenvalue weighted by Gasteiger charge is 2.27. The zero-order valence-corrected chi connectivity index (χ0v) is 18.7. The Morgan fingerprint density at radius 2 is 1.76 bits per heavy atom. The van der Waals surface area contributed by atoms with Crippen molar-refractivity contribution in [3.63, 3.8) is 0 Å². The molecule has 5 nitrogen and oxygen atoms in total. The summed E-state index contributed by atoms with van der Waals surface area (Å²) < 4.78 is 6.82. The van der Waals surface area contributed by atoms with Crippen molar-refractivity contribution in [2.45, 2.75) is 13.0 Å². The fraction of sp³-hybridized carbons (Fsp3) is 0.300. The Labute approximate surface area is 187 Å². The van der Waals surface area contributed by atoms with Crippen LogP contribution in [0.2, 0.25) is 15.1 Å². The molecule has 152 valence electrons. The van der Waals surface area contributed by atoms with Crippen molar-refractivity contribution in [1.82, 2.24) is 9.88 Å². The predicted molar refractivity (Wildman–Crippen MR) is 120 cm³/mol. The summed E-state index contributed by atoms with van der Waals surface area (Å²) in [5, 5.41) is 2.57. The lowest BCUT2D eigenvalue weighted by molar-refractivity contribution is -0.138. The van der Waals surface area contributed by atoms with Gasteiger partial charge in [-0.25, -0.2) is 4.98 Å². The lowest BCUT2D eigenvalue weighted by Gasteiger charge is -2.35. The molecular weight excluding hydrogens is 453 g/mol. The largest absolute Gasteiger partial charge is 0.479 e. The molecule has 0 N–H and O–H groups in total. The van der Waals surface area contributed by atoms with Crippen molar-refractivity contribution in [2.75, 3.05) is 31.1 Å². The SMILES string of the molecule is CC(Oc1ccc(Cl)cc1Cl)C(=O)N1CCN(c2nc3ccc(Cl)cc3s2)CC1. The predicted octanol–water partition coefficient (Wildman–Crippen LogP) is 5.37. The normalized spacial score (nSPS) is 15.6. The second kappa shape index (κ2) is 8.56. The van der Waals surface area contributed by atoms with Gasteiger partial charge < -0.3 is 14.5 Å². The average molecular weight is 471 g/mol. The Hall–Kier alpha value is -1.73. The topological polar surface area (TPSA) is 45.7 Å². The van der Waals surface area contributed by atoms with Gasteiger partial charge in [0.05, 0.1) is 15.2 Å². The number of aromatic nitrogens is 1. The molecule has 1 amide bonds. The summed E-state index contributed by atoms with van der Waals surface area (Å²) in [7, 11) is 0. The number of ether oxygens (including phenoxy) is 1. The first-order valence-electron chi connectivity index (χ1n) is 9.12. The van der Waals surface area contributed by atoms with Crippen LogP contribution in [-0.4, -0.2) is 48.1 Å². The number of fused-ring (bicyclic) bond motifs is 1. The number of nitrogens with zero attached hydrogens (tertiary/aromatic N) is 3. The van der Waals surface area contributed by atoms with Gasteiger partial charge in [0, 0.05) is 36.2 Å². The van der Waals surface area contributed by atoms with Gasteiger partial charge in [0.25, 0.3) is 5.91 Å². The first-order valence-corrected chi connectivity index (χ1v) is 11.1. The van der Waals surface area contributed by atoms with Crippen molar-refractivity contribution in [2.24, 2.45) is 0 Å². The number of anilines is 1. The molecule has 0 bridgehead atoms. The van der Waals surface area contributed by atoms with E-state index in [9.17, 15) is 4.79 Å². The van der Waals surface area contributed by atoms with E-state index in [0.717, 1.165) is 15.3 Å². The van der Waals surface area contributed by atoms with Crippen LogP contribution in [0.3, 0.4) is 0 Å². The first-order chi connectivity index (χ1) is 13.9. The minimum absolute atomic E-state index is 0.0632. The molecule has 29 heavy (non-hydrogen) atoms. The Morgan fingerprint density at radius 1 is 1.07 bits per heavy atom. The molecule has 0 spiro atoms. The fourth-order valence-electron chi connectivity index (χ4n) is 3.21. The van der Waals surface area contributed by atoms with E-state index in [1.165, 1.54) is 0 Å². The maximum Gasteiger partial charge on any atom is 0.263 e. The molecule has 0 saturated carbocycles. The molecular formula is C20H18Cl3N3O2S. The van der Waals surface area contributed by atoms with Gasteiger partial charge in [0.15, 0.2) is 11.2 Å². The van der Waals surface area contributed by atoms with Gasteiger partial charge >= 0.3 is 0 Å². The molecule has 1 aliphatic heterocycles. The van der Waals surface area contributed by atoms with Gasteiger partial charge in [-0.1, -0.05) is 46.1 Å². The zero-order chi connectivity index (χ0) is 20.5. The molecule has 2 heterocycles. The van der Waals surface area contributed by atoms with E-state index in [2.05, 4.69) is 9.88 Å². The molecule has 3 aromatic rings. The van der Waals surface area contributed by atoms with Crippen LogP contribution < -0.4 is 9.64 Å². The van der Waals surface area contributed by atoms with E-state index >= 15 is 0 Å². The van der Waals surface area contributed by atoms with Crippen LogP contribution in [0.15, 0.2) is 36.4 Å². The lowest BCUT2D eigenvalue weighted by Crippen LogP contribution is -2.52. The maximum absolute atomic E-state index is 12.8. The standard InChI is InChI=1S/C20H18Cl3N3O2S/c1-12(28-17-5-3-13(21)10-15(17)23)19(27)25-6-8-26(9-7-25)20-24-16-4-2-14(22)11-18(16)29-20/h2-5,10-12H,6-9H2,1H3. The van der Waals surface area contributed by atoms with Crippen LogP contribution >= 0.6 is 46.1 Å². The van der Waals surface area contributed by atoms with Crippen molar-refractivity contribution < 1.29 is 9.53 Å². The third kappa shape index (κ3) is 4.56. The number of halogens is 3. The number of carbonyl (C=O) groups is 1. The zero-order valence-electron chi connectivity index (χ0n) is 15.6. The van der Waals surface area contributed by atoms with E-state index in [1.807, 2.05) is 23.1 Å². The maximum atomic E-state index is 12.8. The third-order valence-corrected chi connectivity index (χ3v) is 6.59. The summed E-state index contributed by atoms with van der Waals surface area (Å²) in [5.41, 5.74) is 0.940. The van der Waals surface area contributed by atoms with Crippen LogP contribution in [0, 0.1) is 0 Å². The summed E-state index contributed by atoms with van der Waals surface area (Å²) in [6.45, 7) is 4.38. The highest BCUT2D eigenvalue weighted by atomic mass is 35.5. The molecule has 4 rings (SSSR count). The first kappa shape index (κ1) is 20.5. The molecule has 1 aromatic heterocycles. The molecule has 0 aliphatic carbocycles. The summed E-state index contributed by atoms with van der Waals surface area (Å²) in [6, 6.07) is 10.7. The van der Waals surface area contributed by atoms with Crippen molar-refractivity contribution in [1.29, 1.82) is 0 Å². The Morgan fingerprint density at radius 3 is 2.48 bits per heavy atom. The number of hydrogen-bond acceptors (Lipinski definition) is 5. The number of carbonyl (C=O) groups excluding carboxylic acids is 1. The monoisotopic (exact) mass is 469 g/mol. The molecule has 1 saturated heterocycles. The molecule has 1 aliphatic rings. The van der Waals surface area contributed by atoms with Crippen LogP contribution in [0.5, 0.6) is 5.75 Å². The number of hydrogen-bond donors (Lipinski definition) is 0. The lowest BCUT2D eigenvalue weighted by atomic mass is 10.2. The summed E-state index contributed by atoms with van der Waals surface area (Å²) in [5.74, 6) is 0.385. The average Bonchev–Trinajstić information content (AvgIpc) is 3.12. The summed E-state index contributed by atoms with van der Waals surface area (Å²) in [6.07, 6.45) is -0.634. The number of thiazole rings is 1. The van der Waals surface area contributed by atoms with Gasteiger partial charge in [-0.15, -0.1) is 0 Å². The number of rotatable bonds is 4. The highest BCUT2D eigenvalue weighted by Crippen LogP contribution is 2.32. The Kier molecular flexibility index (Phi) is 6.06. The molecule has 2 aromatic carbocycles. The number of piperazine rings is 1. The fourth-order valence-corrected chi connectivity index (χ4v) is 4.95. The van der Waals surface area contributed by atoms with Gasteiger partial charge in [-0.3, -0.25) is 4.79 Å². The minimum atomic E-state index is -0.634. The van der Waals surface area contributed by atoms with Crippen molar-refractivity contribution in [3.8, 4) is 5.75 Å². The smallest absolute Gasteiger partial charge is 0.263 e. The quantitative estimate of drug-likeness (QED) is 0.514. The highest BCUT2D eigenvalue weighted by molar-refractivity contribution is 7.22. The van der Waals surface area contributed by atoms with E-state index < -0.39 is 6.10 Å². The van der Waals surface area contributed by atoms with E-state index in [-0.39, 0.29) is 5.91 Å². The molecule has 1 unspecified atom stereocenters. The van der Waals surface area contributed by atoms with Crippen LogP contribution in [-0.2, 0) is 4.79 Å². The van der Waals surface area contributed by atoms with E-state index in [1.54, 1.807) is 36.5 Å². The third-order valence-electron chi connectivity index (χ3n) is 4.75. The van der Waals surface area contributed by atoms with E-state index in [4.69, 9.17) is 39.5 Å². The molecule has 1 fully saturated rings. The Balaban J connectivity index is 1.37. The molecule has 0 radical (unpaired) electrons. The van der Waals surface area contributed by atoms with Crippen LogP contribution in [0.4, 0.5) is 5.13 Å². The van der Waals surface area contributed by atoms with Crippen LogP contribution in [0.1, 0.15) is 6.92 Å². The minimum Gasteiger partial charge on any atom is -0.479 e. The molecule has 1 atom stereocenters. The van der Waals surface area contributed by atoms with Crippen molar-refractivity contribution in [3.05, 3.63) is 51.5 Å². The van der Waals surface area contributed by atoms with Gasteiger partial charge in [-0.2, -0.15) is 0 Å². The van der Waals surface area contributed by atoms with Gasteiger partial charge in [0.1, 0.15) is 5.75 Å². The second-order valence-corrected chi connectivity index (χ2v) is 9.04. The number of amides is 1. The second-order valence-electron chi connectivity index (χ2n) is 6.76. The summed E-state index contributed by atoms with van der Waals surface area (Å²) in [4.78, 5) is 21.5. The van der Waals surface area contributed by atoms with Crippen LogP contribution in [0.25, 0.3) is 10.2 Å². The Bertz CT molecular complexity index is 1050. The molecule has 9 heteroatoms.